The maximum atomic E-state index is 5.47. The fourth-order valence-corrected chi connectivity index (χ4v) is 2.54. The topological polar surface area (TPSA) is 76.8 Å². The number of nitrogens with one attached hydrogen (secondary N) is 1. The number of hydrogen-bond donors (Lipinski definition) is 1. The zero-order valence-corrected chi connectivity index (χ0v) is 12.0. The van der Waals surface area contributed by atoms with Gasteiger partial charge in [-0.05, 0) is 26.0 Å². The van der Waals surface area contributed by atoms with E-state index >= 15 is 0 Å². The number of hydrogen-bond acceptors (Lipinski definition) is 6. The monoisotopic (exact) mass is 290 g/mol. The number of rotatable bonds is 5. The molecule has 0 bridgehead atoms. The number of benzene rings is 1. The molecule has 6 nitrogen and oxygen atoms in total. The molecule has 0 amide bonds. The second-order valence-electron chi connectivity index (χ2n) is 4.18. The third-order valence-corrected chi connectivity index (χ3v) is 3.50. The molecule has 2 aromatic heterocycles. The minimum Gasteiger partial charge on any atom is -0.494 e. The Bertz CT molecular complexity index is 722. The molecule has 3 rings (SSSR count). The van der Waals surface area contributed by atoms with Gasteiger partial charge in [0.1, 0.15) is 5.75 Å². The first kappa shape index (κ1) is 13.0. The van der Waals surface area contributed by atoms with Crippen LogP contribution in [0, 0.1) is 6.92 Å². The standard InChI is InChI=1S/C13H14N4O2S/c1-3-18-9-4-5-10-11(6-9)16-13(15-10)20-7-12-14-8(2)17-19-12/h4-6H,3,7H2,1-2H3,(H,15,16). The van der Waals surface area contributed by atoms with Crippen LogP contribution < -0.4 is 4.74 Å². The highest BCUT2D eigenvalue weighted by atomic mass is 32.2. The molecule has 1 N–H and O–H groups in total. The average Bonchev–Trinajstić information content (AvgIpc) is 3.02. The molecule has 0 aliphatic carbocycles. The van der Waals surface area contributed by atoms with Crippen LogP contribution in [0.4, 0.5) is 0 Å². The molecule has 0 atom stereocenters. The molecule has 2 heterocycles. The molecule has 0 saturated heterocycles. The van der Waals surface area contributed by atoms with Gasteiger partial charge in [0, 0.05) is 6.07 Å². The van der Waals surface area contributed by atoms with E-state index in [0.29, 0.717) is 24.1 Å². The summed E-state index contributed by atoms with van der Waals surface area (Å²) in [6.45, 7) is 4.41. The minimum absolute atomic E-state index is 0.596. The van der Waals surface area contributed by atoms with Crippen molar-refractivity contribution in [2.45, 2.75) is 24.8 Å². The van der Waals surface area contributed by atoms with E-state index in [0.717, 1.165) is 21.9 Å². The summed E-state index contributed by atoms with van der Waals surface area (Å²) in [5, 5.41) is 4.58. The van der Waals surface area contributed by atoms with E-state index in [1.54, 1.807) is 6.92 Å². The molecular formula is C13H14N4O2S. The van der Waals surface area contributed by atoms with Gasteiger partial charge in [-0.3, -0.25) is 0 Å². The summed E-state index contributed by atoms with van der Waals surface area (Å²) >= 11 is 1.53. The van der Waals surface area contributed by atoms with Crippen molar-refractivity contribution in [3.05, 3.63) is 29.9 Å². The van der Waals surface area contributed by atoms with Crippen molar-refractivity contribution < 1.29 is 9.26 Å². The summed E-state index contributed by atoms with van der Waals surface area (Å²) in [6, 6.07) is 5.81. The van der Waals surface area contributed by atoms with E-state index in [4.69, 9.17) is 9.26 Å². The highest BCUT2D eigenvalue weighted by Gasteiger charge is 2.08. The van der Waals surface area contributed by atoms with Gasteiger partial charge >= 0.3 is 0 Å². The Morgan fingerprint density at radius 1 is 1.35 bits per heavy atom. The molecule has 0 aliphatic rings. The molecule has 0 radical (unpaired) electrons. The SMILES string of the molecule is CCOc1ccc2nc(SCc3nc(C)no3)[nH]c2c1. The van der Waals surface area contributed by atoms with Crippen molar-refractivity contribution in [2.24, 2.45) is 0 Å². The van der Waals surface area contributed by atoms with Crippen molar-refractivity contribution >= 4 is 22.8 Å². The van der Waals surface area contributed by atoms with Gasteiger partial charge in [-0.2, -0.15) is 4.98 Å². The van der Waals surface area contributed by atoms with Gasteiger partial charge in [-0.25, -0.2) is 4.98 Å². The number of aromatic amines is 1. The zero-order chi connectivity index (χ0) is 13.9. The number of H-pyrrole nitrogens is 1. The first-order valence-electron chi connectivity index (χ1n) is 6.29. The van der Waals surface area contributed by atoms with Crippen LogP contribution in [-0.2, 0) is 5.75 Å². The van der Waals surface area contributed by atoms with Gasteiger partial charge < -0.3 is 14.2 Å². The third kappa shape index (κ3) is 2.77. The maximum absolute atomic E-state index is 5.47. The third-order valence-electron chi connectivity index (χ3n) is 2.64. The predicted molar refractivity (Wildman–Crippen MR) is 75.9 cm³/mol. The van der Waals surface area contributed by atoms with Gasteiger partial charge in [-0.1, -0.05) is 16.9 Å². The van der Waals surface area contributed by atoms with Crippen LogP contribution in [-0.4, -0.2) is 26.7 Å². The number of thioether (sulfide) groups is 1. The number of aryl methyl sites for hydroxylation is 1. The van der Waals surface area contributed by atoms with Crippen LogP contribution in [0.3, 0.4) is 0 Å². The van der Waals surface area contributed by atoms with Crippen LogP contribution in [0.15, 0.2) is 27.9 Å². The smallest absolute Gasteiger partial charge is 0.237 e. The summed E-state index contributed by atoms with van der Waals surface area (Å²) in [7, 11) is 0. The molecule has 1 aromatic carbocycles. The first-order chi connectivity index (χ1) is 9.74. The van der Waals surface area contributed by atoms with Crippen molar-refractivity contribution in [1.29, 1.82) is 0 Å². The molecule has 0 saturated carbocycles. The van der Waals surface area contributed by atoms with Crippen LogP contribution >= 0.6 is 11.8 Å². The lowest BCUT2D eigenvalue weighted by Gasteiger charge is -2.00. The largest absolute Gasteiger partial charge is 0.494 e. The van der Waals surface area contributed by atoms with Gasteiger partial charge in [0.25, 0.3) is 0 Å². The molecule has 20 heavy (non-hydrogen) atoms. The number of fused-ring (bicyclic) bond motifs is 1. The van der Waals surface area contributed by atoms with E-state index in [1.807, 2.05) is 25.1 Å². The Morgan fingerprint density at radius 2 is 2.25 bits per heavy atom. The minimum atomic E-state index is 0.596. The van der Waals surface area contributed by atoms with Crippen LogP contribution in [0.2, 0.25) is 0 Å². The fourth-order valence-electron chi connectivity index (χ4n) is 1.82. The summed E-state index contributed by atoms with van der Waals surface area (Å²) in [4.78, 5) is 11.9. The molecule has 0 unspecified atom stereocenters. The quantitative estimate of drug-likeness (QED) is 0.728. The van der Waals surface area contributed by atoms with E-state index in [2.05, 4.69) is 20.1 Å². The molecule has 7 heteroatoms. The predicted octanol–water partition coefficient (Wildman–Crippen LogP) is 2.95. The zero-order valence-electron chi connectivity index (χ0n) is 11.2. The molecular weight excluding hydrogens is 276 g/mol. The van der Waals surface area contributed by atoms with Gasteiger partial charge in [-0.15, -0.1) is 0 Å². The summed E-state index contributed by atoms with van der Waals surface area (Å²) in [5.41, 5.74) is 1.87. The lowest BCUT2D eigenvalue weighted by atomic mass is 10.3. The van der Waals surface area contributed by atoms with Crippen molar-refractivity contribution in [3.63, 3.8) is 0 Å². The van der Waals surface area contributed by atoms with E-state index < -0.39 is 0 Å². The lowest BCUT2D eigenvalue weighted by Crippen LogP contribution is -1.90. The van der Waals surface area contributed by atoms with E-state index in [9.17, 15) is 0 Å². The first-order valence-corrected chi connectivity index (χ1v) is 7.27. The Kier molecular flexibility index (Phi) is 3.60. The fraction of sp³-hybridized carbons (Fsp3) is 0.308. The summed E-state index contributed by atoms with van der Waals surface area (Å²) in [6.07, 6.45) is 0. The van der Waals surface area contributed by atoms with E-state index in [-0.39, 0.29) is 0 Å². The number of nitrogens with zero attached hydrogens (tertiary/aromatic N) is 3. The Morgan fingerprint density at radius 3 is 3.00 bits per heavy atom. The van der Waals surface area contributed by atoms with Gasteiger partial charge in [0.2, 0.25) is 5.89 Å². The lowest BCUT2D eigenvalue weighted by molar-refractivity contribution is 0.340. The van der Waals surface area contributed by atoms with Crippen LogP contribution in [0.5, 0.6) is 5.75 Å². The normalized spacial score (nSPS) is 11.1. The molecule has 3 aromatic rings. The average molecular weight is 290 g/mol. The highest BCUT2D eigenvalue weighted by molar-refractivity contribution is 7.98. The second-order valence-corrected chi connectivity index (χ2v) is 5.14. The van der Waals surface area contributed by atoms with Crippen LogP contribution in [0.1, 0.15) is 18.6 Å². The number of aromatic nitrogens is 4. The summed E-state index contributed by atoms with van der Waals surface area (Å²) in [5.74, 6) is 2.68. The second kappa shape index (κ2) is 5.54. The molecule has 0 spiro atoms. The maximum Gasteiger partial charge on any atom is 0.237 e. The number of ether oxygens (including phenoxy) is 1. The molecule has 104 valence electrons. The van der Waals surface area contributed by atoms with Crippen molar-refractivity contribution in [1.82, 2.24) is 20.1 Å². The van der Waals surface area contributed by atoms with Gasteiger partial charge in [0.15, 0.2) is 11.0 Å². The Balaban J connectivity index is 1.75. The highest BCUT2D eigenvalue weighted by Crippen LogP contribution is 2.25. The Labute approximate surface area is 119 Å². The van der Waals surface area contributed by atoms with Crippen LogP contribution in [0.25, 0.3) is 11.0 Å². The van der Waals surface area contributed by atoms with E-state index in [1.165, 1.54) is 11.8 Å². The van der Waals surface area contributed by atoms with Crippen molar-refractivity contribution in [2.75, 3.05) is 6.61 Å². The molecule has 0 aliphatic heterocycles. The summed E-state index contributed by atoms with van der Waals surface area (Å²) < 4.78 is 10.5. The Hall–Kier alpha value is -2.02. The van der Waals surface area contributed by atoms with Crippen molar-refractivity contribution in [3.8, 4) is 5.75 Å². The molecule has 0 fully saturated rings. The number of imidazole rings is 1. The van der Waals surface area contributed by atoms with Gasteiger partial charge in [0.05, 0.1) is 23.4 Å².